The maximum Gasteiger partial charge on any atom is 0.307 e. The van der Waals surface area contributed by atoms with Gasteiger partial charge in [-0.2, -0.15) is 0 Å². The van der Waals surface area contributed by atoms with Crippen LogP contribution in [0.2, 0.25) is 0 Å². The van der Waals surface area contributed by atoms with E-state index in [9.17, 15) is 18.7 Å². The standard InChI is InChI=1S/C13H22F2N2O2/c1-8(9-2-3-9)17-6-10(13(18)19)4-11(7-17)16-5-12(14)15/h8-12,16H,2-7H2,1H3,(H,18,19). The summed E-state index contributed by atoms with van der Waals surface area (Å²) >= 11 is 0. The van der Waals surface area contributed by atoms with Crippen molar-refractivity contribution in [1.29, 1.82) is 0 Å². The van der Waals surface area contributed by atoms with Gasteiger partial charge in [0.05, 0.1) is 12.5 Å². The molecule has 0 spiro atoms. The van der Waals surface area contributed by atoms with Gasteiger partial charge >= 0.3 is 5.97 Å². The number of carboxylic acid groups (broad SMARTS) is 1. The maximum atomic E-state index is 12.2. The maximum absolute atomic E-state index is 12.2. The first-order chi connectivity index (χ1) is 8.97. The van der Waals surface area contributed by atoms with Gasteiger partial charge in [-0.1, -0.05) is 0 Å². The van der Waals surface area contributed by atoms with Gasteiger partial charge in [-0.3, -0.25) is 9.69 Å². The Hall–Kier alpha value is -0.750. The van der Waals surface area contributed by atoms with E-state index in [0.29, 0.717) is 31.5 Å². The van der Waals surface area contributed by atoms with Crippen molar-refractivity contribution in [2.45, 2.75) is 44.7 Å². The molecule has 2 aliphatic rings. The average molecular weight is 276 g/mol. The summed E-state index contributed by atoms with van der Waals surface area (Å²) in [4.78, 5) is 13.3. The highest BCUT2D eigenvalue weighted by atomic mass is 19.3. The molecule has 2 fully saturated rings. The predicted octanol–water partition coefficient (Wildman–Crippen LogP) is 1.41. The van der Waals surface area contributed by atoms with Gasteiger partial charge in [0, 0.05) is 25.2 Å². The van der Waals surface area contributed by atoms with Crippen LogP contribution in [0.25, 0.3) is 0 Å². The Kier molecular flexibility index (Phi) is 4.73. The third kappa shape index (κ3) is 4.11. The third-order valence-electron chi connectivity index (χ3n) is 4.27. The first-order valence-electron chi connectivity index (χ1n) is 6.95. The number of rotatable bonds is 6. The van der Waals surface area contributed by atoms with Crippen LogP contribution in [0, 0.1) is 11.8 Å². The molecule has 1 saturated heterocycles. The molecule has 1 heterocycles. The molecular weight excluding hydrogens is 254 g/mol. The Morgan fingerprint density at radius 2 is 2.11 bits per heavy atom. The van der Waals surface area contributed by atoms with Crippen LogP contribution in [0.1, 0.15) is 26.2 Å². The molecule has 0 radical (unpaired) electrons. The van der Waals surface area contributed by atoms with Gasteiger partial charge in [0.15, 0.2) is 0 Å². The molecule has 0 aromatic rings. The quantitative estimate of drug-likeness (QED) is 0.770. The number of nitrogens with one attached hydrogen (secondary N) is 1. The van der Waals surface area contributed by atoms with E-state index >= 15 is 0 Å². The molecule has 1 saturated carbocycles. The van der Waals surface area contributed by atoms with E-state index in [0.717, 1.165) is 0 Å². The summed E-state index contributed by atoms with van der Waals surface area (Å²) in [6.07, 6.45) is 0.449. The highest BCUT2D eigenvalue weighted by Crippen LogP contribution is 2.36. The van der Waals surface area contributed by atoms with Crippen LogP contribution in [0.5, 0.6) is 0 Å². The van der Waals surface area contributed by atoms with Crippen molar-refractivity contribution in [2.75, 3.05) is 19.6 Å². The van der Waals surface area contributed by atoms with Gasteiger partial charge in [0.1, 0.15) is 0 Å². The number of aliphatic carboxylic acids is 1. The van der Waals surface area contributed by atoms with Crippen LogP contribution < -0.4 is 5.32 Å². The fraction of sp³-hybridized carbons (Fsp3) is 0.923. The van der Waals surface area contributed by atoms with Crippen molar-refractivity contribution in [1.82, 2.24) is 10.2 Å². The van der Waals surface area contributed by atoms with Gasteiger partial charge in [-0.05, 0) is 32.1 Å². The Bertz CT molecular complexity index is 324. The Morgan fingerprint density at radius 1 is 1.42 bits per heavy atom. The van der Waals surface area contributed by atoms with Crippen molar-refractivity contribution in [3.8, 4) is 0 Å². The number of halogens is 2. The number of nitrogens with zero attached hydrogens (tertiary/aromatic N) is 1. The molecule has 0 aromatic carbocycles. The SMILES string of the molecule is CC(C1CC1)N1CC(NCC(F)F)CC(C(=O)O)C1. The fourth-order valence-corrected chi connectivity index (χ4v) is 2.93. The molecule has 3 unspecified atom stereocenters. The number of carboxylic acids is 1. The van der Waals surface area contributed by atoms with E-state index in [1.807, 2.05) is 0 Å². The number of hydrogen-bond donors (Lipinski definition) is 2. The Morgan fingerprint density at radius 3 is 2.63 bits per heavy atom. The lowest BCUT2D eigenvalue weighted by Crippen LogP contribution is -2.54. The van der Waals surface area contributed by atoms with Crippen molar-refractivity contribution < 1.29 is 18.7 Å². The lowest BCUT2D eigenvalue weighted by molar-refractivity contribution is -0.144. The first-order valence-corrected chi connectivity index (χ1v) is 6.95. The number of piperidine rings is 1. The van der Waals surface area contributed by atoms with Gasteiger partial charge in [-0.15, -0.1) is 0 Å². The lowest BCUT2D eigenvalue weighted by atomic mass is 9.92. The van der Waals surface area contributed by atoms with Gasteiger partial charge in [0.2, 0.25) is 0 Å². The monoisotopic (exact) mass is 276 g/mol. The molecule has 0 bridgehead atoms. The molecule has 110 valence electrons. The van der Waals surface area contributed by atoms with Crippen LogP contribution in [-0.4, -0.2) is 54.1 Å². The Balaban J connectivity index is 1.93. The molecule has 0 aromatic heterocycles. The summed E-state index contributed by atoms with van der Waals surface area (Å²) in [5, 5.41) is 12.0. The van der Waals surface area contributed by atoms with E-state index in [1.54, 1.807) is 0 Å². The molecule has 3 atom stereocenters. The molecule has 6 heteroatoms. The molecule has 1 aliphatic heterocycles. The van der Waals surface area contributed by atoms with Crippen molar-refractivity contribution in [3.63, 3.8) is 0 Å². The molecular formula is C13H22F2N2O2. The molecule has 2 N–H and O–H groups in total. The normalized spacial score (nSPS) is 30.5. The molecule has 19 heavy (non-hydrogen) atoms. The van der Waals surface area contributed by atoms with Crippen molar-refractivity contribution in [3.05, 3.63) is 0 Å². The summed E-state index contributed by atoms with van der Waals surface area (Å²) in [6, 6.07) is 0.211. The summed E-state index contributed by atoms with van der Waals surface area (Å²) in [5.74, 6) is -0.620. The minimum Gasteiger partial charge on any atom is -0.481 e. The number of likely N-dealkylation sites (tertiary alicyclic amines) is 1. The summed E-state index contributed by atoms with van der Waals surface area (Å²) in [7, 11) is 0. The Labute approximate surface area is 112 Å². The average Bonchev–Trinajstić information content (AvgIpc) is 3.19. The second kappa shape index (κ2) is 6.13. The van der Waals surface area contributed by atoms with Gasteiger partial charge in [-0.25, -0.2) is 8.78 Å². The van der Waals surface area contributed by atoms with E-state index in [4.69, 9.17) is 0 Å². The molecule has 1 aliphatic carbocycles. The number of hydrogen-bond acceptors (Lipinski definition) is 3. The lowest BCUT2D eigenvalue weighted by Gasteiger charge is -2.40. The second-order valence-corrected chi connectivity index (χ2v) is 5.80. The van der Waals surface area contributed by atoms with E-state index in [2.05, 4.69) is 17.1 Å². The fourth-order valence-electron chi connectivity index (χ4n) is 2.93. The largest absolute Gasteiger partial charge is 0.481 e. The van der Waals surface area contributed by atoms with Crippen LogP contribution in [0.4, 0.5) is 8.78 Å². The van der Waals surface area contributed by atoms with E-state index in [-0.39, 0.29) is 12.6 Å². The summed E-state index contributed by atoms with van der Waals surface area (Å²) < 4.78 is 24.5. The first kappa shape index (κ1) is 14.7. The summed E-state index contributed by atoms with van der Waals surface area (Å²) in [6.45, 7) is 2.97. The number of alkyl halides is 2. The minimum atomic E-state index is -2.39. The zero-order valence-corrected chi connectivity index (χ0v) is 11.2. The van der Waals surface area contributed by atoms with Crippen LogP contribution in [0.15, 0.2) is 0 Å². The second-order valence-electron chi connectivity index (χ2n) is 5.80. The van der Waals surface area contributed by atoms with Gasteiger partial charge < -0.3 is 10.4 Å². The predicted molar refractivity (Wildman–Crippen MR) is 67.3 cm³/mol. The van der Waals surface area contributed by atoms with E-state index < -0.39 is 18.3 Å². The molecule has 0 amide bonds. The van der Waals surface area contributed by atoms with Crippen LogP contribution >= 0.6 is 0 Å². The molecule has 4 nitrogen and oxygen atoms in total. The number of carbonyl (C=O) groups is 1. The summed E-state index contributed by atoms with van der Waals surface area (Å²) in [5.41, 5.74) is 0. The minimum absolute atomic E-state index is 0.148. The topological polar surface area (TPSA) is 52.6 Å². The smallest absolute Gasteiger partial charge is 0.307 e. The van der Waals surface area contributed by atoms with Crippen molar-refractivity contribution in [2.24, 2.45) is 11.8 Å². The zero-order chi connectivity index (χ0) is 14.0. The van der Waals surface area contributed by atoms with E-state index in [1.165, 1.54) is 12.8 Å². The van der Waals surface area contributed by atoms with Crippen molar-refractivity contribution >= 4 is 5.97 Å². The van der Waals surface area contributed by atoms with Crippen LogP contribution in [-0.2, 0) is 4.79 Å². The van der Waals surface area contributed by atoms with Gasteiger partial charge in [0.25, 0.3) is 6.43 Å². The highest BCUT2D eigenvalue weighted by Gasteiger charge is 2.38. The van der Waals surface area contributed by atoms with Crippen LogP contribution in [0.3, 0.4) is 0 Å². The third-order valence-corrected chi connectivity index (χ3v) is 4.27. The zero-order valence-electron chi connectivity index (χ0n) is 11.2. The molecule has 2 rings (SSSR count). The highest BCUT2D eigenvalue weighted by molar-refractivity contribution is 5.70.